The molecule has 3 N–H and O–H groups in total. The molecule has 0 saturated carbocycles. The molecule has 3 aromatic rings. The van der Waals surface area contributed by atoms with Crippen molar-refractivity contribution in [2.75, 3.05) is 19.0 Å². The van der Waals surface area contributed by atoms with Crippen molar-refractivity contribution in [3.63, 3.8) is 0 Å². The van der Waals surface area contributed by atoms with Gasteiger partial charge in [-0.1, -0.05) is 17.7 Å². The van der Waals surface area contributed by atoms with E-state index in [2.05, 4.69) is 15.3 Å². The molecule has 3 heterocycles. The van der Waals surface area contributed by atoms with E-state index in [-0.39, 0.29) is 36.5 Å². The van der Waals surface area contributed by atoms with Crippen LogP contribution in [-0.2, 0) is 21.9 Å². The van der Waals surface area contributed by atoms with Gasteiger partial charge in [0.05, 0.1) is 34.5 Å². The van der Waals surface area contributed by atoms with Crippen molar-refractivity contribution in [3.8, 4) is 0 Å². The number of carbonyl (C=O) groups excluding carboxylic acids is 1. The minimum absolute atomic E-state index is 0.0207. The Labute approximate surface area is 221 Å². The Hall–Kier alpha value is -2.70. The highest BCUT2D eigenvalue weighted by molar-refractivity contribution is 7.13. The third kappa shape index (κ3) is 5.46. The molecule has 1 saturated heterocycles. The Morgan fingerprint density at radius 1 is 1.32 bits per heavy atom. The molecule has 1 aromatic carbocycles. The van der Waals surface area contributed by atoms with Crippen molar-refractivity contribution in [1.82, 2.24) is 14.9 Å². The second-order valence-corrected chi connectivity index (χ2v) is 10.5. The minimum atomic E-state index is -2.68. The smallest absolute Gasteiger partial charge is 0.312 e. The lowest BCUT2D eigenvalue weighted by molar-refractivity contribution is -0.296. The first-order valence-corrected chi connectivity index (χ1v) is 12.8. The molecule has 1 aliphatic rings. The Morgan fingerprint density at radius 3 is 2.73 bits per heavy atom. The average molecular weight is 553 g/mol. The molecule has 198 valence electrons. The number of benzene rings is 1. The summed E-state index contributed by atoms with van der Waals surface area (Å²) in [6.45, 7) is 3.51. The average Bonchev–Trinajstić information content (AvgIpc) is 3.26. The quantitative estimate of drug-likeness (QED) is 0.290. The zero-order chi connectivity index (χ0) is 27.0. The van der Waals surface area contributed by atoms with Crippen LogP contribution in [0.15, 0.2) is 35.7 Å². The van der Waals surface area contributed by atoms with Crippen molar-refractivity contribution >= 4 is 39.9 Å². The Morgan fingerprint density at radius 2 is 2.08 bits per heavy atom. The van der Waals surface area contributed by atoms with Crippen LogP contribution >= 0.6 is 22.9 Å². The highest BCUT2D eigenvalue weighted by Gasteiger charge is 2.51. The molecule has 2 unspecified atom stereocenters. The fourth-order valence-electron chi connectivity index (χ4n) is 4.87. The lowest BCUT2D eigenvalue weighted by atomic mass is 9.71. The topological polar surface area (TPSA) is 108 Å². The van der Waals surface area contributed by atoms with Crippen LogP contribution in [0, 0.1) is 24.0 Å². The van der Waals surface area contributed by atoms with Crippen molar-refractivity contribution in [3.05, 3.63) is 69.3 Å². The van der Waals surface area contributed by atoms with Crippen molar-refractivity contribution in [2.45, 2.75) is 45.1 Å². The van der Waals surface area contributed by atoms with E-state index in [0.29, 0.717) is 10.9 Å². The summed E-state index contributed by atoms with van der Waals surface area (Å²) in [4.78, 5) is 23.0. The van der Waals surface area contributed by atoms with E-state index in [4.69, 9.17) is 16.3 Å². The Balaban J connectivity index is 1.60. The van der Waals surface area contributed by atoms with E-state index in [1.807, 2.05) is 12.3 Å². The number of aryl methyl sites for hydroxylation is 1. The molecule has 0 aliphatic carbocycles. The molecule has 8 nitrogen and oxygen atoms in total. The Bertz CT molecular complexity index is 1310. The highest BCUT2D eigenvalue weighted by Crippen LogP contribution is 2.43. The number of ether oxygens (including phenoxy) is 1. The predicted octanol–water partition coefficient (Wildman–Crippen LogP) is 4.50. The van der Waals surface area contributed by atoms with Gasteiger partial charge >= 0.3 is 5.97 Å². The fraction of sp³-hybridized carbons (Fsp3) is 0.400. The molecule has 0 amide bonds. The van der Waals surface area contributed by atoms with E-state index in [9.17, 15) is 23.8 Å². The number of esters is 1. The molecule has 0 radical (unpaired) electrons. The number of nitrogens with zero attached hydrogens (tertiary/aromatic N) is 3. The number of rotatable bonds is 7. The molecule has 12 heteroatoms. The van der Waals surface area contributed by atoms with Gasteiger partial charge in [-0.2, -0.15) is 0 Å². The number of aromatic nitrogens is 2. The number of anilines is 2. The number of methoxy groups -OCH3 is 1. The number of carbonyl (C=O) groups is 1. The van der Waals surface area contributed by atoms with Crippen LogP contribution in [0.3, 0.4) is 0 Å². The van der Waals surface area contributed by atoms with E-state index >= 15 is 0 Å². The van der Waals surface area contributed by atoms with Gasteiger partial charge in [0.1, 0.15) is 11.6 Å². The van der Waals surface area contributed by atoms with Crippen LogP contribution in [0.5, 0.6) is 0 Å². The second-order valence-electron chi connectivity index (χ2n) is 9.23. The number of thiazole rings is 1. The van der Waals surface area contributed by atoms with E-state index in [1.54, 1.807) is 6.92 Å². The predicted molar refractivity (Wildman–Crippen MR) is 135 cm³/mol. The number of pyridine rings is 1. The van der Waals surface area contributed by atoms with Crippen LogP contribution in [0.4, 0.5) is 19.7 Å². The number of aliphatic hydroxyl groups is 2. The van der Waals surface area contributed by atoms with E-state index in [1.165, 1.54) is 53.7 Å². The summed E-state index contributed by atoms with van der Waals surface area (Å²) in [7, 11) is 1.25. The van der Waals surface area contributed by atoms with Gasteiger partial charge in [0.2, 0.25) is 0 Å². The summed E-state index contributed by atoms with van der Waals surface area (Å²) in [5.41, 5.74) is -0.703. The number of likely N-dealkylation sites (tertiary alicyclic amines) is 1. The van der Waals surface area contributed by atoms with Crippen LogP contribution in [0.1, 0.15) is 36.7 Å². The fourth-order valence-corrected chi connectivity index (χ4v) is 5.74. The lowest BCUT2D eigenvalue weighted by Gasteiger charge is -2.48. The minimum Gasteiger partial charge on any atom is -0.469 e. The summed E-state index contributed by atoms with van der Waals surface area (Å²) in [5.74, 6) is -4.41. The van der Waals surface area contributed by atoms with Gasteiger partial charge in [-0.3, -0.25) is 4.79 Å². The number of hydrogen-bond donors (Lipinski definition) is 3. The maximum absolute atomic E-state index is 14.9. The van der Waals surface area contributed by atoms with Crippen molar-refractivity contribution < 1.29 is 28.5 Å². The van der Waals surface area contributed by atoms with Crippen LogP contribution in [-0.4, -0.2) is 50.7 Å². The van der Waals surface area contributed by atoms with Gasteiger partial charge in [0.25, 0.3) is 5.91 Å². The van der Waals surface area contributed by atoms with Gasteiger partial charge in [0, 0.05) is 24.4 Å². The van der Waals surface area contributed by atoms with Gasteiger partial charge in [-0.05, 0) is 51.0 Å². The molecular weight excluding hydrogens is 526 g/mol. The number of nitrogens with one attached hydrogen (secondary N) is 1. The first kappa shape index (κ1) is 27.3. The molecular formula is C25H27ClF2N4O4S. The van der Waals surface area contributed by atoms with Crippen LogP contribution < -0.4 is 5.32 Å². The summed E-state index contributed by atoms with van der Waals surface area (Å²) < 4.78 is 34.6. The molecule has 4 rings (SSSR count). The number of halogens is 3. The number of piperidine rings is 1. The summed E-state index contributed by atoms with van der Waals surface area (Å²) in [5, 5.41) is 27.2. The second kappa shape index (κ2) is 10.6. The normalized spacial score (nSPS) is 20.6. The SMILES string of the molecule is COC(=O)C1(Cc2nc(Nc3nc(C)cs3)ccc2F)CCN(C(O)(O)c2cccc(Cl)c2F)C(C)C1. The maximum atomic E-state index is 14.9. The van der Waals surface area contributed by atoms with Gasteiger partial charge in [0.15, 0.2) is 10.9 Å². The summed E-state index contributed by atoms with van der Waals surface area (Å²) in [6, 6.07) is 6.07. The summed E-state index contributed by atoms with van der Waals surface area (Å²) >= 11 is 7.23. The van der Waals surface area contributed by atoms with Crippen LogP contribution in [0.25, 0.3) is 0 Å². The first-order valence-electron chi connectivity index (χ1n) is 11.6. The third-order valence-electron chi connectivity index (χ3n) is 6.66. The Kier molecular flexibility index (Phi) is 7.82. The zero-order valence-electron chi connectivity index (χ0n) is 20.5. The lowest BCUT2D eigenvalue weighted by Crippen LogP contribution is -2.58. The van der Waals surface area contributed by atoms with E-state index < -0.39 is 40.5 Å². The molecule has 2 aromatic heterocycles. The van der Waals surface area contributed by atoms with Gasteiger partial charge < -0.3 is 20.3 Å². The highest BCUT2D eigenvalue weighted by atomic mass is 35.5. The molecule has 0 spiro atoms. The van der Waals surface area contributed by atoms with Gasteiger partial charge in [-0.15, -0.1) is 11.3 Å². The molecule has 2 atom stereocenters. The molecule has 0 bridgehead atoms. The molecule has 37 heavy (non-hydrogen) atoms. The first-order chi connectivity index (χ1) is 17.5. The molecule has 1 fully saturated rings. The standard InChI is InChI=1S/C25H27ClF2N4O4S/c1-14-13-37-23(29-14)31-20-8-7-18(27)19(30-20)12-24(22(33)36-3)9-10-32(15(2)11-24)25(34,35)16-5-4-6-17(26)21(16)28/h4-8,13,15,34-35H,9-12H2,1-3H3,(H,29,30,31). The van der Waals surface area contributed by atoms with Crippen molar-refractivity contribution in [1.29, 1.82) is 0 Å². The van der Waals surface area contributed by atoms with E-state index in [0.717, 1.165) is 5.69 Å². The summed E-state index contributed by atoms with van der Waals surface area (Å²) in [6.07, 6.45) is 0.0835. The third-order valence-corrected chi connectivity index (χ3v) is 7.83. The van der Waals surface area contributed by atoms with Crippen molar-refractivity contribution in [2.24, 2.45) is 5.41 Å². The monoisotopic (exact) mass is 552 g/mol. The number of hydrogen-bond acceptors (Lipinski definition) is 9. The van der Waals surface area contributed by atoms with Crippen LogP contribution in [0.2, 0.25) is 5.02 Å². The largest absolute Gasteiger partial charge is 0.469 e. The van der Waals surface area contributed by atoms with Gasteiger partial charge in [-0.25, -0.2) is 23.6 Å². The molecule has 1 aliphatic heterocycles. The zero-order valence-corrected chi connectivity index (χ0v) is 22.0. The maximum Gasteiger partial charge on any atom is 0.312 e.